The normalized spacial score (nSPS) is 13.6. The molecule has 0 bridgehead atoms. The summed E-state index contributed by atoms with van der Waals surface area (Å²) in [6, 6.07) is 59.2. The summed E-state index contributed by atoms with van der Waals surface area (Å²) in [6.45, 7) is 28.2. The van der Waals surface area contributed by atoms with Gasteiger partial charge in [0.1, 0.15) is 0 Å². The molecule has 5 aromatic heterocycles. The van der Waals surface area contributed by atoms with Crippen LogP contribution in [0.3, 0.4) is 0 Å². The largest absolute Gasteiger partial charge is 0.309 e. The van der Waals surface area contributed by atoms with E-state index in [4.69, 9.17) is 0 Å². The number of aromatic nitrogens is 3. The van der Waals surface area contributed by atoms with Gasteiger partial charge >= 0.3 is 0 Å². The summed E-state index contributed by atoms with van der Waals surface area (Å²) in [5, 5.41) is 15.7. The molecule has 9 aromatic carbocycles. The molecular formula is C68H61N3. The maximum atomic E-state index is 2.65. The van der Waals surface area contributed by atoms with Crippen molar-refractivity contribution in [1.82, 2.24) is 13.4 Å². The Bertz CT molecular complexity index is 4580. The fourth-order valence-corrected chi connectivity index (χ4v) is 12.4. The van der Waals surface area contributed by atoms with Crippen LogP contribution in [0, 0.1) is 0 Å². The average molecular weight is 920 g/mol. The van der Waals surface area contributed by atoms with Crippen molar-refractivity contribution >= 4 is 109 Å². The molecule has 3 heteroatoms. The summed E-state index contributed by atoms with van der Waals surface area (Å²) in [7, 11) is 0. The smallest absolute Gasteiger partial charge is 0.0620 e. The van der Waals surface area contributed by atoms with Gasteiger partial charge in [-0.3, -0.25) is 0 Å². The van der Waals surface area contributed by atoms with Crippen LogP contribution in [0.5, 0.6) is 0 Å². The third kappa shape index (κ3) is 5.90. The maximum Gasteiger partial charge on any atom is 0.0620 e. The predicted molar refractivity (Wildman–Crippen MR) is 308 cm³/mol. The van der Waals surface area contributed by atoms with Crippen molar-refractivity contribution in [1.29, 1.82) is 0 Å². The molecule has 0 radical (unpaired) electrons. The van der Waals surface area contributed by atoms with E-state index in [0.717, 1.165) is 0 Å². The van der Waals surface area contributed by atoms with Crippen LogP contribution in [0.1, 0.15) is 105 Å². The van der Waals surface area contributed by atoms with E-state index in [1.807, 2.05) is 0 Å². The van der Waals surface area contributed by atoms with Crippen molar-refractivity contribution in [2.45, 2.75) is 105 Å². The molecule has 0 aliphatic rings. The van der Waals surface area contributed by atoms with Crippen LogP contribution in [0.15, 0.2) is 152 Å². The van der Waals surface area contributed by atoms with E-state index in [0.29, 0.717) is 0 Å². The molecule has 0 spiro atoms. The Morgan fingerprint density at radius 3 is 1.31 bits per heavy atom. The van der Waals surface area contributed by atoms with Crippen molar-refractivity contribution in [2.24, 2.45) is 0 Å². The summed E-state index contributed by atoms with van der Waals surface area (Å²) in [4.78, 5) is 0. The molecule has 14 rings (SSSR count). The lowest BCUT2D eigenvalue weighted by Gasteiger charge is -2.22. The summed E-state index contributed by atoms with van der Waals surface area (Å²) in [5.41, 5.74) is 19.3. The highest BCUT2D eigenvalue weighted by molar-refractivity contribution is 6.29. The molecule has 0 amide bonds. The van der Waals surface area contributed by atoms with Gasteiger partial charge in [-0.2, -0.15) is 0 Å². The summed E-state index contributed by atoms with van der Waals surface area (Å²) in [6.07, 6.45) is 0. The first kappa shape index (κ1) is 42.5. The van der Waals surface area contributed by atoms with Crippen molar-refractivity contribution < 1.29 is 0 Å². The van der Waals surface area contributed by atoms with Crippen molar-refractivity contribution in [3.63, 3.8) is 0 Å². The molecule has 0 aliphatic heterocycles. The zero-order valence-electron chi connectivity index (χ0n) is 43.3. The van der Waals surface area contributed by atoms with Gasteiger partial charge in [0, 0.05) is 65.1 Å². The highest BCUT2D eigenvalue weighted by Crippen LogP contribution is 2.49. The van der Waals surface area contributed by atoms with Gasteiger partial charge in [-0.15, -0.1) is 0 Å². The summed E-state index contributed by atoms with van der Waals surface area (Å²) < 4.78 is 7.64. The Hall–Kier alpha value is -7.36. The third-order valence-electron chi connectivity index (χ3n) is 16.4. The highest BCUT2D eigenvalue weighted by atomic mass is 15.0. The second-order valence-corrected chi connectivity index (χ2v) is 25.2. The van der Waals surface area contributed by atoms with Crippen LogP contribution in [-0.2, 0) is 21.7 Å². The molecule has 0 saturated heterocycles. The van der Waals surface area contributed by atoms with Crippen LogP contribution in [0.4, 0.5) is 0 Å². The predicted octanol–water partition coefficient (Wildman–Crippen LogP) is 19.1. The number of benzene rings is 9. The van der Waals surface area contributed by atoms with Crippen LogP contribution in [-0.4, -0.2) is 13.4 Å². The average Bonchev–Trinajstić information content (AvgIpc) is 4.11. The van der Waals surface area contributed by atoms with E-state index in [9.17, 15) is 0 Å². The van der Waals surface area contributed by atoms with Gasteiger partial charge in [0.05, 0.1) is 44.1 Å². The van der Waals surface area contributed by atoms with E-state index >= 15 is 0 Å². The lowest BCUT2D eigenvalue weighted by molar-refractivity contribution is 0.590. The number of rotatable bonds is 2. The molecule has 5 heterocycles. The minimum atomic E-state index is -0.0667. The van der Waals surface area contributed by atoms with Crippen LogP contribution in [0.2, 0.25) is 0 Å². The molecule has 0 aliphatic carbocycles. The molecule has 0 N–H and O–H groups in total. The van der Waals surface area contributed by atoms with E-state index < -0.39 is 0 Å². The second-order valence-electron chi connectivity index (χ2n) is 25.2. The van der Waals surface area contributed by atoms with E-state index in [1.54, 1.807) is 0 Å². The standard InChI is InChI=1S/C68H61N3/c1-65(2,3)41-23-25-59-51(31-41)54-35-43(67(7,8)9)33-52-49-27-40-30-61-50(28-39(40)29-60(49)70(59)63(52)54)53-34-44(68(10,11)12)37-56-55-36-42(66(4,5)6)32-47(62(55)71(61)64(53)56)38-22-24-58-48(26-38)46-20-16-17-21-57(46)69(58)45-18-14-13-15-19-45/h13-37H,1-12H3. The second kappa shape index (κ2) is 13.7. The van der Waals surface area contributed by atoms with E-state index in [1.165, 1.54) is 148 Å². The Balaban J connectivity index is 1.11. The number of nitrogens with zero attached hydrogens (tertiary/aromatic N) is 3. The minimum absolute atomic E-state index is 0.00618. The first-order valence-corrected chi connectivity index (χ1v) is 25.8. The van der Waals surface area contributed by atoms with Gasteiger partial charge < -0.3 is 13.4 Å². The van der Waals surface area contributed by atoms with Crippen molar-refractivity contribution in [3.05, 3.63) is 174 Å². The van der Waals surface area contributed by atoms with Gasteiger partial charge in [0.2, 0.25) is 0 Å². The van der Waals surface area contributed by atoms with Crippen molar-refractivity contribution in [3.8, 4) is 16.8 Å². The third-order valence-corrected chi connectivity index (χ3v) is 16.4. The lowest BCUT2D eigenvalue weighted by Crippen LogP contribution is -2.11. The molecule has 0 saturated carbocycles. The molecule has 3 nitrogen and oxygen atoms in total. The van der Waals surface area contributed by atoms with Gasteiger partial charge in [-0.1, -0.05) is 132 Å². The number of hydrogen-bond acceptors (Lipinski definition) is 0. The first-order valence-electron chi connectivity index (χ1n) is 25.8. The Kier molecular flexibility index (Phi) is 8.22. The van der Waals surface area contributed by atoms with Crippen molar-refractivity contribution in [2.75, 3.05) is 0 Å². The molecule has 0 unspecified atom stereocenters. The Labute approximate surface area is 415 Å². The molecule has 0 fully saturated rings. The fourth-order valence-electron chi connectivity index (χ4n) is 12.4. The highest BCUT2D eigenvalue weighted by Gasteiger charge is 2.29. The Morgan fingerprint density at radius 1 is 0.282 bits per heavy atom. The van der Waals surface area contributed by atoms with E-state index in [-0.39, 0.29) is 21.7 Å². The molecule has 14 aromatic rings. The quantitative estimate of drug-likeness (QED) is 0.164. The number of para-hydroxylation sites is 2. The van der Waals surface area contributed by atoms with Gasteiger partial charge in [0.15, 0.2) is 0 Å². The van der Waals surface area contributed by atoms with Crippen LogP contribution in [0.25, 0.3) is 126 Å². The topological polar surface area (TPSA) is 13.8 Å². The molecule has 71 heavy (non-hydrogen) atoms. The molecule has 348 valence electrons. The van der Waals surface area contributed by atoms with E-state index in [2.05, 4.69) is 248 Å². The maximum absolute atomic E-state index is 2.65. The number of fused-ring (bicyclic) bond motifs is 16. The van der Waals surface area contributed by atoms with Crippen LogP contribution >= 0.6 is 0 Å². The fraction of sp³-hybridized carbons (Fsp3) is 0.235. The zero-order valence-corrected chi connectivity index (χ0v) is 43.3. The number of hydrogen-bond donors (Lipinski definition) is 0. The monoisotopic (exact) mass is 919 g/mol. The lowest BCUT2D eigenvalue weighted by atomic mass is 9.83. The summed E-state index contributed by atoms with van der Waals surface area (Å²) in [5.74, 6) is 0. The SMILES string of the molecule is CC(C)(C)c1ccc2c(c1)c1cc(C(C)(C)C)cc3c4cc5cc6c(cc5cc4n2c13)c1cc(C(C)(C)C)cc2c3cc(C(C)(C)C)cc(-c4ccc5c(c4)c4ccccc4n5-c4ccccc4)c3n6c12. The minimum Gasteiger partial charge on any atom is -0.309 e. The zero-order chi connectivity index (χ0) is 49.0. The Morgan fingerprint density at radius 2 is 0.718 bits per heavy atom. The van der Waals surface area contributed by atoms with Crippen LogP contribution < -0.4 is 0 Å². The first-order chi connectivity index (χ1) is 33.7. The molecule has 0 atom stereocenters. The summed E-state index contributed by atoms with van der Waals surface area (Å²) >= 11 is 0. The van der Waals surface area contributed by atoms with Gasteiger partial charge in [-0.25, -0.2) is 0 Å². The van der Waals surface area contributed by atoms with Gasteiger partial charge in [0.25, 0.3) is 0 Å². The molecular weight excluding hydrogens is 859 g/mol. The van der Waals surface area contributed by atoms with Gasteiger partial charge in [-0.05, 0) is 163 Å².